The Kier molecular flexibility index (Phi) is 7.15. The van der Waals surface area contributed by atoms with Crippen molar-refractivity contribution in [3.63, 3.8) is 0 Å². The third-order valence-electron chi connectivity index (χ3n) is 6.03. The minimum absolute atomic E-state index is 0.0849. The van der Waals surface area contributed by atoms with Crippen LogP contribution in [0.5, 0.6) is 0 Å². The van der Waals surface area contributed by atoms with Crippen LogP contribution in [-0.4, -0.2) is 38.2 Å². The molecule has 7 nitrogen and oxygen atoms in total. The molecule has 0 bridgehead atoms. The number of benzene rings is 2. The summed E-state index contributed by atoms with van der Waals surface area (Å²) in [6, 6.07) is 21.5. The van der Waals surface area contributed by atoms with Crippen LogP contribution in [0.2, 0.25) is 0 Å². The Labute approximate surface area is 205 Å². The number of nitrogens with zero attached hydrogens (tertiary/aromatic N) is 3. The van der Waals surface area contributed by atoms with Gasteiger partial charge in [-0.3, -0.25) is 4.79 Å². The second kappa shape index (κ2) is 10.4. The van der Waals surface area contributed by atoms with Crippen molar-refractivity contribution in [2.45, 2.75) is 40.3 Å². The summed E-state index contributed by atoms with van der Waals surface area (Å²) >= 11 is 0. The Morgan fingerprint density at radius 2 is 1.77 bits per heavy atom. The number of hydrogen-bond donors (Lipinski definition) is 2. The van der Waals surface area contributed by atoms with Crippen molar-refractivity contribution in [2.24, 2.45) is 0 Å². The molecule has 0 fully saturated rings. The molecular formula is C28H30N4O3. The lowest BCUT2D eigenvalue weighted by Crippen LogP contribution is -2.39. The summed E-state index contributed by atoms with van der Waals surface area (Å²) in [5.41, 5.74) is 7.16. The van der Waals surface area contributed by atoms with Gasteiger partial charge < -0.3 is 15.3 Å². The minimum atomic E-state index is -0.888. The van der Waals surface area contributed by atoms with Crippen LogP contribution in [0.3, 0.4) is 0 Å². The number of rotatable bonds is 8. The van der Waals surface area contributed by atoms with Crippen molar-refractivity contribution in [1.82, 2.24) is 19.8 Å². The largest absolute Gasteiger partial charge is 0.481 e. The van der Waals surface area contributed by atoms with E-state index in [2.05, 4.69) is 16.5 Å². The van der Waals surface area contributed by atoms with Gasteiger partial charge in [-0.1, -0.05) is 54.1 Å². The van der Waals surface area contributed by atoms with Gasteiger partial charge in [-0.25, -0.2) is 9.31 Å². The van der Waals surface area contributed by atoms with Crippen molar-refractivity contribution in [2.75, 3.05) is 6.54 Å². The molecule has 0 atom stereocenters. The molecule has 2 aromatic heterocycles. The Hall–Kier alpha value is -4.13. The Bertz CT molecular complexity index is 1360. The molecule has 0 spiro atoms. The standard InChI is InChI=1S/C28H30N4O3/c1-4-31(28(35)29-17-21-8-6-5-7-9-21)18-23-14-19(2)10-12-24(23)26-15-22(16-27(33)34)25-13-11-20(3)30-32(25)26/h5-15H,4,16-18H2,1-3H3,(H,29,35)(H,33,34). The highest BCUT2D eigenvalue weighted by molar-refractivity contribution is 5.80. The van der Waals surface area contributed by atoms with Gasteiger partial charge in [0.2, 0.25) is 0 Å². The molecule has 2 amide bonds. The Morgan fingerprint density at radius 1 is 1.00 bits per heavy atom. The van der Waals surface area contributed by atoms with Crippen LogP contribution in [0.4, 0.5) is 4.79 Å². The number of urea groups is 1. The van der Waals surface area contributed by atoms with Gasteiger partial charge in [0.1, 0.15) is 0 Å². The van der Waals surface area contributed by atoms with Gasteiger partial charge in [0.25, 0.3) is 0 Å². The third kappa shape index (κ3) is 5.51. The summed E-state index contributed by atoms with van der Waals surface area (Å²) in [4.78, 5) is 26.3. The van der Waals surface area contributed by atoms with E-state index in [1.807, 2.05) is 86.0 Å². The average Bonchev–Trinajstić information content (AvgIpc) is 3.18. The minimum Gasteiger partial charge on any atom is -0.481 e. The zero-order chi connectivity index (χ0) is 24.9. The quantitative estimate of drug-likeness (QED) is 0.380. The molecule has 0 aliphatic heterocycles. The predicted octanol–water partition coefficient (Wildman–Crippen LogP) is 4.98. The van der Waals surface area contributed by atoms with Gasteiger partial charge in [-0.15, -0.1) is 0 Å². The number of carboxylic acid groups (broad SMARTS) is 1. The first kappa shape index (κ1) is 24.0. The number of aliphatic carboxylic acids is 1. The van der Waals surface area contributed by atoms with E-state index < -0.39 is 5.97 Å². The van der Waals surface area contributed by atoms with E-state index in [-0.39, 0.29) is 12.5 Å². The Morgan fingerprint density at radius 3 is 2.49 bits per heavy atom. The molecule has 2 heterocycles. The molecular weight excluding hydrogens is 440 g/mol. The molecule has 0 radical (unpaired) electrons. The van der Waals surface area contributed by atoms with E-state index in [1.54, 1.807) is 4.90 Å². The molecule has 0 saturated carbocycles. The second-order valence-corrected chi connectivity index (χ2v) is 8.72. The summed E-state index contributed by atoms with van der Waals surface area (Å²) < 4.78 is 1.81. The van der Waals surface area contributed by atoms with Crippen LogP contribution in [0.1, 0.15) is 34.9 Å². The summed E-state index contributed by atoms with van der Waals surface area (Å²) in [6.45, 7) is 7.31. The SMILES string of the molecule is CCN(Cc1cc(C)ccc1-c1cc(CC(=O)O)c2ccc(C)nn12)C(=O)NCc1ccccc1. The molecule has 4 aromatic rings. The second-order valence-electron chi connectivity index (χ2n) is 8.72. The fraction of sp³-hybridized carbons (Fsp3) is 0.250. The van der Waals surface area contributed by atoms with Gasteiger partial charge in [-0.05, 0) is 55.7 Å². The van der Waals surface area contributed by atoms with Crippen molar-refractivity contribution in [1.29, 1.82) is 0 Å². The van der Waals surface area contributed by atoms with Crippen LogP contribution >= 0.6 is 0 Å². The molecule has 0 unspecified atom stereocenters. The van der Waals surface area contributed by atoms with Crippen molar-refractivity contribution < 1.29 is 14.7 Å². The number of carbonyl (C=O) groups is 2. The highest BCUT2D eigenvalue weighted by Crippen LogP contribution is 2.30. The summed E-state index contributed by atoms with van der Waals surface area (Å²) in [7, 11) is 0. The number of carbonyl (C=O) groups excluding carboxylic acids is 1. The average molecular weight is 471 g/mol. The first-order valence-electron chi connectivity index (χ1n) is 11.7. The lowest BCUT2D eigenvalue weighted by atomic mass is 10.0. The number of nitrogens with one attached hydrogen (secondary N) is 1. The summed E-state index contributed by atoms with van der Waals surface area (Å²) in [5.74, 6) is -0.888. The monoisotopic (exact) mass is 470 g/mol. The molecule has 0 saturated heterocycles. The Balaban J connectivity index is 1.68. The number of hydrogen-bond acceptors (Lipinski definition) is 3. The van der Waals surface area contributed by atoms with E-state index in [1.165, 1.54) is 0 Å². The van der Waals surface area contributed by atoms with Crippen LogP contribution in [0.15, 0.2) is 66.7 Å². The lowest BCUT2D eigenvalue weighted by Gasteiger charge is -2.23. The summed E-state index contributed by atoms with van der Waals surface area (Å²) in [5, 5.41) is 17.1. The number of aryl methyl sites for hydroxylation is 2. The molecule has 0 aliphatic rings. The van der Waals surface area contributed by atoms with Gasteiger partial charge in [0.15, 0.2) is 0 Å². The highest BCUT2D eigenvalue weighted by Gasteiger charge is 2.19. The molecule has 0 aliphatic carbocycles. The predicted molar refractivity (Wildman–Crippen MR) is 136 cm³/mol. The zero-order valence-corrected chi connectivity index (χ0v) is 20.3. The zero-order valence-electron chi connectivity index (χ0n) is 20.3. The van der Waals surface area contributed by atoms with Crippen molar-refractivity contribution in [3.05, 3.63) is 94.7 Å². The maximum atomic E-state index is 13.0. The van der Waals surface area contributed by atoms with E-state index >= 15 is 0 Å². The maximum Gasteiger partial charge on any atom is 0.317 e. The molecule has 2 aromatic carbocycles. The normalized spacial score (nSPS) is 10.9. The fourth-order valence-electron chi connectivity index (χ4n) is 4.26. The lowest BCUT2D eigenvalue weighted by molar-refractivity contribution is -0.136. The first-order chi connectivity index (χ1) is 16.9. The number of carboxylic acids is 1. The van der Waals surface area contributed by atoms with Gasteiger partial charge in [0, 0.05) is 25.2 Å². The molecule has 2 N–H and O–H groups in total. The maximum absolute atomic E-state index is 13.0. The topological polar surface area (TPSA) is 86.9 Å². The van der Waals surface area contributed by atoms with Gasteiger partial charge in [0.05, 0.1) is 23.3 Å². The van der Waals surface area contributed by atoms with Crippen LogP contribution in [0.25, 0.3) is 16.8 Å². The molecule has 7 heteroatoms. The van der Waals surface area contributed by atoms with E-state index in [0.29, 0.717) is 25.2 Å². The van der Waals surface area contributed by atoms with Crippen LogP contribution in [-0.2, 0) is 24.3 Å². The smallest absolute Gasteiger partial charge is 0.317 e. The van der Waals surface area contributed by atoms with Crippen molar-refractivity contribution in [3.8, 4) is 11.3 Å². The number of fused-ring (bicyclic) bond motifs is 1. The fourth-order valence-corrected chi connectivity index (χ4v) is 4.26. The van der Waals surface area contributed by atoms with Crippen LogP contribution < -0.4 is 5.32 Å². The molecule has 4 rings (SSSR count). The highest BCUT2D eigenvalue weighted by atomic mass is 16.4. The van der Waals surface area contributed by atoms with Crippen molar-refractivity contribution >= 4 is 17.5 Å². The van der Waals surface area contributed by atoms with E-state index in [9.17, 15) is 14.7 Å². The summed E-state index contributed by atoms with van der Waals surface area (Å²) in [6.07, 6.45) is -0.0849. The molecule has 35 heavy (non-hydrogen) atoms. The first-order valence-corrected chi connectivity index (χ1v) is 11.7. The van der Waals surface area contributed by atoms with E-state index in [0.717, 1.165) is 39.2 Å². The molecule has 180 valence electrons. The van der Waals surface area contributed by atoms with Gasteiger partial charge >= 0.3 is 12.0 Å². The number of aromatic nitrogens is 2. The third-order valence-corrected chi connectivity index (χ3v) is 6.03. The number of amides is 2. The van der Waals surface area contributed by atoms with Crippen LogP contribution in [0, 0.1) is 13.8 Å². The van der Waals surface area contributed by atoms with E-state index in [4.69, 9.17) is 0 Å². The van der Waals surface area contributed by atoms with Gasteiger partial charge in [-0.2, -0.15) is 5.10 Å².